The van der Waals surface area contributed by atoms with Crippen molar-refractivity contribution < 1.29 is 14.4 Å². The standard InChI is InChI=1S/C13H15N3O3/c1-9(7-13(17)18)6-12-15-11(16-19-12)8-10-4-2-3-5-14-10/h2-5,9H,6-8H2,1H3,(H,17,18). The van der Waals surface area contributed by atoms with Crippen molar-refractivity contribution in [2.24, 2.45) is 5.92 Å². The molecular formula is C13H15N3O3. The first-order chi connectivity index (χ1) is 9.13. The lowest BCUT2D eigenvalue weighted by atomic mass is 10.0. The quantitative estimate of drug-likeness (QED) is 0.851. The van der Waals surface area contributed by atoms with Crippen LogP contribution in [0.5, 0.6) is 0 Å². The van der Waals surface area contributed by atoms with Crippen molar-refractivity contribution in [3.63, 3.8) is 0 Å². The van der Waals surface area contributed by atoms with Gasteiger partial charge in [0.2, 0.25) is 5.89 Å². The summed E-state index contributed by atoms with van der Waals surface area (Å²) in [6.07, 6.45) is 2.79. The van der Waals surface area contributed by atoms with Crippen molar-refractivity contribution in [1.82, 2.24) is 15.1 Å². The first-order valence-electron chi connectivity index (χ1n) is 6.06. The van der Waals surface area contributed by atoms with Gasteiger partial charge in [0.25, 0.3) is 0 Å². The zero-order valence-electron chi connectivity index (χ0n) is 10.6. The highest BCUT2D eigenvalue weighted by Gasteiger charge is 2.14. The Bertz CT molecular complexity index is 539. The number of aromatic nitrogens is 3. The molecule has 0 aliphatic carbocycles. The Morgan fingerprint density at radius 2 is 2.32 bits per heavy atom. The van der Waals surface area contributed by atoms with Crippen molar-refractivity contribution in [2.45, 2.75) is 26.2 Å². The van der Waals surface area contributed by atoms with E-state index >= 15 is 0 Å². The predicted molar refractivity (Wildman–Crippen MR) is 66.5 cm³/mol. The molecule has 2 aromatic rings. The molecule has 0 radical (unpaired) electrons. The largest absolute Gasteiger partial charge is 0.481 e. The predicted octanol–water partition coefficient (Wildman–Crippen LogP) is 1.71. The number of pyridine rings is 1. The molecule has 1 N–H and O–H groups in total. The SMILES string of the molecule is CC(CC(=O)O)Cc1nc(Cc2ccccn2)no1. The zero-order valence-corrected chi connectivity index (χ0v) is 10.6. The Hall–Kier alpha value is -2.24. The van der Waals surface area contributed by atoms with Crippen molar-refractivity contribution in [1.29, 1.82) is 0 Å². The Kier molecular flexibility index (Phi) is 4.22. The monoisotopic (exact) mass is 261 g/mol. The van der Waals surface area contributed by atoms with Crippen LogP contribution in [-0.4, -0.2) is 26.2 Å². The molecule has 0 amide bonds. The van der Waals surface area contributed by atoms with E-state index in [9.17, 15) is 4.79 Å². The molecule has 0 aromatic carbocycles. The van der Waals surface area contributed by atoms with Gasteiger partial charge in [-0.3, -0.25) is 9.78 Å². The van der Waals surface area contributed by atoms with E-state index < -0.39 is 5.97 Å². The van der Waals surface area contributed by atoms with Gasteiger partial charge in [-0.05, 0) is 18.1 Å². The van der Waals surface area contributed by atoms with E-state index in [4.69, 9.17) is 9.63 Å². The summed E-state index contributed by atoms with van der Waals surface area (Å²) in [5.74, 6) is 0.192. The van der Waals surface area contributed by atoms with Crippen LogP contribution < -0.4 is 0 Å². The molecule has 2 rings (SSSR count). The topological polar surface area (TPSA) is 89.1 Å². The number of rotatable bonds is 6. The van der Waals surface area contributed by atoms with E-state index in [0.29, 0.717) is 24.6 Å². The normalized spacial score (nSPS) is 12.3. The van der Waals surface area contributed by atoms with E-state index in [-0.39, 0.29) is 12.3 Å². The van der Waals surface area contributed by atoms with Gasteiger partial charge in [0.15, 0.2) is 5.82 Å². The van der Waals surface area contributed by atoms with Gasteiger partial charge in [0, 0.05) is 24.7 Å². The average Bonchev–Trinajstić information content (AvgIpc) is 2.76. The van der Waals surface area contributed by atoms with Crippen molar-refractivity contribution >= 4 is 5.97 Å². The molecule has 6 heteroatoms. The first-order valence-corrected chi connectivity index (χ1v) is 6.06. The molecule has 0 aliphatic rings. The van der Waals surface area contributed by atoms with Crippen LogP contribution in [0.15, 0.2) is 28.9 Å². The van der Waals surface area contributed by atoms with Gasteiger partial charge in [0.05, 0.1) is 6.42 Å². The number of hydrogen-bond acceptors (Lipinski definition) is 5. The lowest BCUT2D eigenvalue weighted by Crippen LogP contribution is -2.07. The zero-order chi connectivity index (χ0) is 13.7. The molecule has 19 heavy (non-hydrogen) atoms. The highest BCUT2D eigenvalue weighted by atomic mass is 16.5. The van der Waals surface area contributed by atoms with Crippen LogP contribution in [0.2, 0.25) is 0 Å². The van der Waals surface area contributed by atoms with Crippen LogP contribution in [0.3, 0.4) is 0 Å². The molecule has 0 saturated heterocycles. The molecule has 100 valence electrons. The van der Waals surface area contributed by atoms with Gasteiger partial charge >= 0.3 is 5.97 Å². The number of carbonyl (C=O) groups is 1. The molecule has 0 aliphatic heterocycles. The molecule has 0 spiro atoms. The van der Waals surface area contributed by atoms with Crippen LogP contribution in [0, 0.1) is 5.92 Å². The maximum atomic E-state index is 10.6. The fraction of sp³-hybridized carbons (Fsp3) is 0.385. The van der Waals surface area contributed by atoms with Crippen molar-refractivity contribution in [2.75, 3.05) is 0 Å². The summed E-state index contributed by atoms with van der Waals surface area (Å²) in [4.78, 5) is 19.0. The summed E-state index contributed by atoms with van der Waals surface area (Å²) < 4.78 is 5.11. The van der Waals surface area contributed by atoms with Crippen LogP contribution in [-0.2, 0) is 17.6 Å². The van der Waals surface area contributed by atoms with Crippen LogP contribution in [0.4, 0.5) is 0 Å². The number of carboxylic acids is 1. The van der Waals surface area contributed by atoms with Crippen molar-refractivity contribution in [3.05, 3.63) is 41.8 Å². The summed E-state index contributed by atoms with van der Waals surface area (Å²) in [6.45, 7) is 1.84. The van der Waals surface area contributed by atoms with E-state index in [1.165, 1.54) is 0 Å². The van der Waals surface area contributed by atoms with Gasteiger partial charge in [-0.1, -0.05) is 18.1 Å². The highest BCUT2D eigenvalue weighted by molar-refractivity contribution is 5.66. The number of carboxylic acid groups (broad SMARTS) is 1. The molecule has 1 unspecified atom stereocenters. The molecule has 0 bridgehead atoms. The highest BCUT2D eigenvalue weighted by Crippen LogP contribution is 2.11. The Labute approximate surface area is 110 Å². The van der Waals surface area contributed by atoms with E-state index in [2.05, 4.69) is 15.1 Å². The Balaban J connectivity index is 1.94. The number of aliphatic carboxylic acids is 1. The summed E-state index contributed by atoms with van der Waals surface area (Å²) >= 11 is 0. The molecule has 0 saturated carbocycles. The van der Waals surface area contributed by atoms with Crippen LogP contribution >= 0.6 is 0 Å². The van der Waals surface area contributed by atoms with Crippen LogP contribution in [0.25, 0.3) is 0 Å². The van der Waals surface area contributed by atoms with Gasteiger partial charge in [-0.2, -0.15) is 4.98 Å². The van der Waals surface area contributed by atoms with E-state index in [1.807, 2.05) is 25.1 Å². The first kappa shape index (κ1) is 13.2. The minimum Gasteiger partial charge on any atom is -0.481 e. The van der Waals surface area contributed by atoms with Gasteiger partial charge in [-0.15, -0.1) is 0 Å². The molecular weight excluding hydrogens is 246 g/mol. The second kappa shape index (κ2) is 6.08. The Morgan fingerprint density at radius 1 is 1.47 bits per heavy atom. The second-order valence-corrected chi connectivity index (χ2v) is 4.51. The summed E-state index contributed by atoms with van der Waals surface area (Å²) in [5.41, 5.74) is 0.869. The lowest BCUT2D eigenvalue weighted by molar-refractivity contribution is -0.137. The lowest BCUT2D eigenvalue weighted by Gasteiger charge is -2.03. The fourth-order valence-electron chi connectivity index (χ4n) is 1.78. The summed E-state index contributed by atoms with van der Waals surface area (Å²) in [7, 11) is 0. The molecule has 2 heterocycles. The molecule has 1 atom stereocenters. The number of nitrogens with zero attached hydrogens (tertiary/aromatic N) is 3. The fourth-order valence-corrected chi connectivity index (χ4v) is 1.78. The van der Waals surface area contributed by atoms with Gasteiger partial charge in [0.1, 0.15) is 0 Å². The van der Waals surface area contributed by atoms with Gasteiger partial charge in [-0.25, -0.2) is 0 Å². The minimum atomic E-state index is -0.819. The number of hydrogen-bond donors (Lipinski definition) is 1. The summed E-state index contributed by atoms with van der Waals surface area (Å²) in [5, 5.41) is 12.6. The Morgan fingerprint density at radius 3 is 3.00 bits per heavy atom. The summed E-state index contributed by atoms with van der Waals surface area (Å²) in [6, 6.07) is 5.64. The van der Waals surface area contributed by atoms with E-state index in [1.54, 1.807) is 6.20 Å². The smallest absolute Gasteiger partial charge is 0.303 e. The molecule has 0 fully saturated rings. The van der Waals surface area contributed by atoms with Crippen LogP contribution in [0.1, 0.15) is 30.8 Å². The average molecular weight is 261 g/mol. The molecule has 6 nitrogen and oxygen atoms in total. The van der Waals surface area contributed by atoms with E-state index in [0.717, 1.165) is 5.69 Å². The third-order valence-electron chi connectivity index (χ3n) is 2.62. The molecule has 2 aromatic heterocycles. The third kappa shape index (κ3) is 4.17. The maximum Gasteiger partial charge on any atom is 0.303 e. The second-order valence-electron chi connectivity index (χ2n) is 4.51. The van der Waals surface area contributed by atoms with Gasteiger partial charge < -0.3 is 9.63 Å². The van der Waals surface area contributed by atoms with Crippen molar-refractivity contribution in [3.8, 4) is 0 Å². The third-order valence-corrected chi connectivity index (χ3v) is 2.62. The maximum absolute atomic E-state index is 10.6. The minimum absolute atomic E-state index is 0.0272.